The molecule has 0 aromatic carbocycles. The number of rotatable bonds is 5. The van der Waals surface area contributed by atoms with Crippen molar-refractivity contribution in [3.05, 3.63) is 28.6 Å². The van der Waals surface area contributed by atoms with Gasteiger partial charge in [0.2, 0.25) is 0 Å². The summed E-state index contributed by atoms with van der Waals surface area (Å²) in [6.07, 6.45) is 1.69. The molecule has 4 heteroatoms. The first kappa shape index (κ1) is 17.2. The third-order valence-corrected chi connectivity index (χ3v) is 3.48. The smallest absolute Gasteiger partial charge is 0.178 e. The zero-order valence-corrected chi connectivity index (χ0v) is 13.8. The summed E-state index contributed by atoms with van der Waals surface area (Å²) in [6.45, 7) is 10.9. The lowest BCUT2D eigenvalue weighted by Crippen LogP contribution is -2.21. The fraction of sp³-hybridized carbons (Fsp3) is 0.529. The van der Waals surface area contributed by atoms with E-state index in [1.54, 1.807) is 13.2 Å². The minimum atomic E-state index is -0.552. The van der Waals surface area contributed by atoms with E-state index < -0.39 is 5.41 Å². The second kappa shape index (κ2) is 6.73. The lowest BCUT2D eigenvalue weighted by Gasteiger charge is -2.15. The van der Waals surface area contributed by atoms with Crippen LogP contribution >= 0.6 is 0 Å². The van der Waals surface area contributed by atoms with Crippen molar-refractivity contribution in [1.29, 1.82) is 5.26 Å². The number of hydrogen-bond acceptors (Lipinski definition) is 3. The summed E-state index contributed by atoms with van der Waals surface area (Å²) in [5, 5.41) is 9.26. The van der Waals surface area contributed by atoms with Crippen LogP contribution in [0, 0.1) is 30.6 Å². The Balaban J connectivity index is 3.20. The molecule has 1 aromatic rings. The predicted octanol–water partition coefficient (Wildman–Crippen LogP) is 3.27. The summed E-state index contributed by atoms with van der Waals surface area (Å²) in [4.78, 5) is 12.3. The summed E-state index contributed by atoms with van der Waals surface area (Å²) in [7, 11) is 1.67. The Labute approximate surface area is 127 Å². The summed E-state index contributed by atoms with van der Waals surface area (Å²) in [5.74, 6) is -0.133. The average Bonchev–Trinajstić information content (AvgIpc) is 2.66. The van der Waals surface area contributed by atoms with Gasteiger partial charge in [0.05, 0.1) is 12.2 Å². The van der Waals surface area contributed by atoms with E-state index in [9.17, 15) is 10.1 Å². The minimum absolute atomic E-state index is 0.133. The zero-order valence-electron chi connectivity index (χ0n) is 13.8. The first-order valence-electron chi connectivity index (χ1n) is 7.04. The zero-order chi connectivity index (χ0) is 16.2. The van der Waals surface area contributed by atoms with Crippen molar-refractivity contribution in [2.45, 2.75) is 41.2 Å². The molecule has 1 heterocycles. The molecule has 0 aliphatic heterocycles. The number of Topliss-reactive ketones (excluding diaryl/α,β-unsaturated/α-hetero) is 1. The number of nitriles is 1. The van der Waals surface area contributed by atoms with Crippen molar-refractivity contribution in [1.82, 2.24) is 4.57 Å². The normalized spacial score (nSPS) is 12.3. The summed E-state index contributed by atoms with van der Waals surface area (Å²) >= 11 is 0. The highest BCUT2D eigenvalue weighted by molar-refractivity contribution is 6.06. The van der Waals surface area contributed by atoms with Gasteiger partial charge in [-0.25, -0.2) is 0 Å². The van der Waals surface area contributed by atoms with Crippen molar-refractivity contribution in [3.63, 3.8) is 0 Å². The van der Waals surface area contributed by atoms with Gasteiger partial charge in [-0.05, 0) is 31.6 Å². The van der Waals surface area contributed by atoms with Crippen LogP contribution in [0.4, 0.5) is 0 Å². The van der Waals surface area contributed by atoms with Crippen LogP contribution in [0.1, 0.15) is 37.7 Å². The highest BCUT2D eigenvalue weighted by atomic mass is 16.5. The predicted molar refractivity (Wildman–Crippen MR) is 83.8 cm³/mol. The number of aryl methyl sites for hydroxylation is 1. The Morgan fingerprint density at radius 3 is 2.52 bits per heavy atom. The number of carbonyl (C=O) groups excluding carboxylic acids is 1. The molecule has 0 amide bonds. The fourth-order valence-corrected chi connectivity index (χ4v) is 2.21. The second-order valence-corrected chi connectivity index (χ2v) is 6.22. The number of carbonyl (C=O) groups is 1. The number of nitrogens with zero attached hydrogens (tertiary/aromatic N) is 2. The molecule has 1 rings (SSSR count). The van der Waals surface area contributed by atoms with Gasteiger partial charge in [-0.1, -0.05) is 20.8 Å². The molecule has 0 fully saturated rings. The van der Waals surface area contributed by atoms with Gasteiger partial charge in [-0.15, -0.1) is 0 Å². The topological polar surface area (TPSA) is 55.0 Å². The van der Waals surface area contributed by atoms with Crippen LogP contribution in [0.15, 0.2) is 11.6 Å². The molecule has 114 valence electrons. The van der Waals surface area contributed by atoms with Crippen LogP contribution in [-0.2, 0) is 16.1 Å². The fourth-order valence-electron chi connectivity index (χ4n) is 2.21. The van der Waals surface area contributed by atoms with Gasteiger partial charge in [-0.2, -0.15) is 5.26 Å². The number of methoxy groups -OCH3 is 1. The van der Waals surface area contributed by atoms with Crippen molar-refractivity contribution in [3.8, 4) is 6.07 Å². The van der Waals surface area contributed by atoms with Gasteiger partial charge in [0.15, 0.2) is 5.78 Å². The minimum Gasteiger partial charge on any atom is -0.383 e. The van der Waals surface area contributed by atoms with Crippen LogP contribution in [0.3, 0.4) is 0 Å². The van der Waals surface area contributed by atoms with Crippen LogP contribution in [0.5, 0.6) is 0 Å². The highest BCUT2D eigenvalue weighted by Crippen LogP contribution is 2.23. The third kappa shape index (κ3) is 4.05. The van der Waals surface area contributed by atoms with Crippen LogP contribution in [-0.4, -0.2) is 24.1 Å². The van der Waals surface area contributed by atoms with E-state index >= 15 is 0 Å². The van der Waals surface area contributed by atoms with E-state index in [1.165, 1.54) is 0 Å². The Morgan fingerprint density at radius 1 is 1.43 bits per heavy atom. The maximum atomic E-state index is 12.3. The number of aromatic nitrogens is 1. The Morgan fingerprint density at radius 2 is 2.05 bits per heavy atom. The molecule has 0 aliphatic carbocycles. The van der Waals surface area contributed by atoms with Crippen molar-refractivity contribution in [2.75, 3.05) is 13.7 Å². The highest BCUT2D eigenvalue weighted by Gasteiger charge is 2.25. The van der Waals surface area contributed by atoms with E-state index in [0.29, 0.717) is 6.61 Å². The first-order chi connectivity index (χ1) is 9.72. The van der Waals surface area contributed by atoms with Gasteiger partial charge in [0, 0.05) is 30.5 Å². The van der Waals surface area contributed by atoms with Gasteiger partial charge in [0.1, 0.15) is 6.07 Å². The number of ether oxygens (including phenoxy) is 1. The van der Waals surface area contributed by atoms with Crippen molar-refractivity contribution in [2.24, 2.45) is 5.41 Å². The standard InChI is InChI=1S/C17H24N2O2/c1-12-9-14(13(2)19(12)7-8-21-6)10-15(11-18)16(20)17(3,4)5/h9-10H,7-8H2,1-6H3/b15-10+. The Kier molecular flexibility index (Phi) is 5.51. The quantitative estimate of drug-likeness (QED) is 0.617. The molecule has 0 saturated heterocycles. The van der Waals surface area contributed by atoms with Gasteiger partial charge in [0.25, 0.3) is 0 Å². The van der Waals surface area contributed by atoms with Gasteiger partial charge < -0.3 is 9.30 Å². The maximum Gasteiger partial charge on any atom is 0.178 e. The molecule has 4 nitrogen and oxygen atoms in total. The molecule has 0 radical (unpaired) electrons. The lowest BCUT2D eigenvalue weighted by molar-refractivity contribution is -0.121. The molecule has 0 spiro atoms. The van der Waals surface area contributed by atoms with Crippen molar-refractivity contribution >= 4 is 11.9 Å². The van der Waals surface area contributed by atoms with E-state index in [1.807, 2.05) is 46.8 Å². The molecule has 1 aromatic heterocycles. The Bertz CT molecular complexity index is 596. The molecule has 0 atom stereocenters. The monoisotopic (exact) mass is 288 g/mol. The summed E-state index contributed by atoms with van der Waals surface area (Å²) in [6, 6.07) is 4.03. The van der Waals surface area contributed by atoms with Gasteiger partial charge in [-0.3, -0.25) is 4.79 Å². The first-order valence-corrected chi connectivity index (χ1v) is 7.04. The molecule has 0 saturated carbocycles. The number of allylic oxidation sites excluding steroid dienone is 1. The molecule has 21 heavy (non-hydrogen) atoms. The van der Waals surface area contributed by atoms with Gasteiger partial charge >= 0.3 is 0 Å². The number of hydrogen-bond donors (Lipinski definition) is 0. The Hall–Kier alpha value is -1.86. The van der Waals surface area contributed by atoms with Crippen molar-refractivity contribution < 1.29 is 9.53 Å². The van der Waals surface area contributed by atoms with E-state index in [0.717, 1.165) is 23.5 Å². The van der Waals surface area contributed by atoms with E-state index in [2.05, 4.69) is 4.57 Å². The third-order valence-electron chi connectivity index (χ3n) is 3.48. The van der Waals surface area contributed by atoms with E-state index in [4.69, 9.17) is 4.74 Å². The molecule has 0 bridgehead atoms. The SMILES string of the molecule is COCCn1c(C)cc(/C=C(\C#N)C(=O)C(C)(C)C)c1C. The maximum absolute atomic E-state index is 12.3. The largest absolute Gasteiger partial charge is 0.383 e. The lowest BCUT2D eigenvalue weighted by atomic mass is 9.86. The summed E-state index contributed by atoms with van der Waals surface area (Å²) < 4.78 is 7.24. The van der Waals surface area contributed by atoms with E-state index in [-0.39, 0.29) is 11.4 Å². The second-order valence-electron chi connectivity index (χ2n) is 6.22. The van der Waals surface area contributed by atoms with Crippen LogP contribution in [0.2, 0.25) is 0 Å². The molecular weight excluding hydrogens is 264 g/mol. The van der Waals surface area contributed by atoms with Crippen LogP contribution < -0.4 is 0 Å². The molecular formula is C17H24N2O2. The molecule has 0 unspecified atom stereocenters. The molecule has 0 aliphatic rings. The summed E-state index contributed by atoms with van der Waals surface area (Å²) in [5.41, 5.74) is 2.70. The average molecular weight is 288 g/mol. The molecule has 0 N–H and O–H groups in total. The van der Waals surface area contributed by atoms with Crippen LogP contribution in [0.25, 0.3) is 6.08 Å². The number of ketones is 1.